The Labute approximate surface area is 181 Å². The van der Waals surface area contributed by atoms with Gasteiger partial charge in [-0.1, -0.05) is 50.1 Å². The van der Waals surface area contributed by atoms with Gasteiger partial charge in [-0.25, -0.2) is 13.1 Å². The van der Waals surface area contributed by atoms with Crippen molar-refractivity contribution in [1.29, 1.82) is 0 Å². The van der Waals surface area contributed by atoms with Crippen LogP contribution in [0.25, 0.3) is 10.8 Å². The van der Waals surface area contributed by atoms with E-state index in [1.165, 1.54) is 10.7 Å². The minimum Gasteiger partial charge on any atom is -0.272 e. The molecule has 2 aromatic carbocycles. The third-order valence-electron chi connectivity index (χ3n) is 4.99. The lowest BCUT2D eigenvalue weighted by Crippen LogP contribution is -2.43. The number of amides is 1. The maximum atomic E-state index is 12.9. The molecule has 0 radical (unpaired) electrons. The van der Waals surface area contributed by atoms with Crippen LogP contribution in [-0.2, 0) is 16.6 Å². The van der Waals surface area contributed by atoms with Crippen LogP contribution in [0.1, 0.15) is 47.8 Å². The van der Waals surface area contributed by atoms with Crippen LogP contribution < -0.4 is 15.8 Å². The second kappa shape index (κ2) is 9.40. The number of aromatic nitrogens is 2. The molecule has 0 spiro atoms. The summed E-state index contributed by atoms with van der Waals surface area (Å²) in [5.74, 6) is -0.741. The van der Waals surface area contributed by atoms with Gasteiger partial charge >= 0.3 is 0 Å². The Morgan fingerprint density at radius 3 is 2.48 bits per heavy atom. The molecule has 8 nitrogen and oxygen atoms in total. The molecular weight excluding hydrogens is 416 g/mol. The van der Waals surface area contributed by atoms with Crippen molar-refractivity contribution in [2.24, 2.45) is 0 Å². The smallest absolute Gasteiger partial charge is 0.272 e. The number of hydrogen-bond donors (Lipinski definition) is 2. The van der Waals surface area contributed by atoms with Crippen molar-refractivity contribution >= 4 is 26.7 Å². The average Bonchev–Trinajstić information content (AvgIpc) is 2.75. The van der Waals surface area contributed by atoms with E-state index in [0.29, 0.717) is 22.9 Å². The van der Waals surface area contributed by atoms with E-state index in [2.05, 4.69) is 22.3 Å². The van der Waals surface area contributed by atoms with Crippen molar-refractivity contribution in [3.05, 3.63) is 69.6 Å². The molecule has 9 heteroatoms. The highest BCUT2D eigenvalue weighted by molar-refractivity contribution is 7.89. The Bertz CT molecular complexity index is 1280. The minimum atomic E-state index is -3.98. The van der Waals surface area contributed by atoms with Gasteiger partial charge in [-0.15, -0.1) is 4.83 Å². The molecule has 1 aromatic heterocycles. The maximum Gasteiger partial charge on any atom is 0.287 e. The molecule has 3 rings (SSSR count). The maximum absolute atomic E-state index is 12.9. The first-order valence-corrected chi connectivity index (χ1v) is 11.6. The number of carbonyl (C=O) groups is 1. The number of hydrogen-bond acceptors (Lipinski definition) is 5. The summed E-state index contributed by atoms with van der Waals surface area (Å²) in [4.78, 5) is 27.8. The molecule has 164 valence electrons. The van der Waals surface area contributed by atoms with Gasteiger partial charge < -0.3 is 0 Å². The molecule has 0 aliphatic carbocycles. The number of fused-ring (bicyclic) bond motifs is 1. The molecular formula is C22H26N4O4S. The van der Waals surface area contributed by atoms with Crippen molar-refractivity contribution < 1.29 is 13.2 Å². The van der Waals surface area contributed by atoms with E-state index in [-0.39, 0.29) is 16.1 Å². The molecule has 0 aliphatic heterocycles. The Kier molecular flexibility index (Phi) is 6.87. The Morgan fingerprint density at radius 2 is 1.77 bits per heavy atom. The van der Waals surface area contributed by atoms with Crippen LogP contribution >= 0.6 is 0 Å². The summed E-state index contributed by atoms with van der Waals surface area (Å²) in [5.41, 5.74) is 3.28. The quantitative estimate of drug-likeness (QED) is 0.412. The monoisotopic (exact) mass is 442 g/mol. The predicted octanol–water partition coefficient (Wildman–Crippen LogP) is 2.83. The van der Waals surface area contributed by atoms with E-state index in [1.54, 1.807) is 44.2 Å². The number of sulfonamides is 1. The average molecular weight is 443 g/mol. The zero-order chi connectivity index (χ0) is 22.6. The van der Waals surface area contributed by atoms with E-state index in [1.807, 2.05) is 6.07 Å². The van der Waals surface area contributed by atoms with E-state index in [0.717, 1.165) is 24.8 Å². The number of unbranched alkanes of at least 4 members (excludes halogenated alkanes) is 2. The van der Waals surface area contributed by atoms with Gasteiger partial charge in [-0.05, 0) is 43.5 Å². The SMILES string of the molecule is CCCCCn1nc(C(=O)NNS(=O)(=O)c2cc(C)ccc2C)c2ccccc2c1=O. The van der Waals surface area contributed by atoms with E-state index < -0.39 is 15.9 Å². The Balaban J connectivity index is 1.92. The second-order valence-corrected chi connectivity index (χ2v) is 9.11. The summed E-state index contributed by atoms with van der Waals surface area (Å²) in [6.07, 6.45) is 2.66. The van der Waals surface area contributed by atoms with Crippen LogP contribution in [-0.4, -0.2) is 24.1 Å². The summed E-state index contributed by atoms with van der Waals surface area (Å²) in [7, 11) is -3.98. The summed E-state index contributed by atoms with van der Waals surface area (Å²) in [5, 5.41) is 4.96. The first kappa shape index (κ1) is 22.6. The molecule has 0 saturated carbocycles. The van der Waals surface area contributed by atoms with E-state index >= 15 is 0 Å². The molecule has 0 aliphatic rings. The third kappa shape index (κ3) is 5.00. The molecule has 0 unspecified atom stereocenters. The number of aryl methyl sites for hydroxylation is 3. The van der Waals surface area contributed by atoms with Gasteiger partial charge in [0.05, 0.1) is 10.3 Å². The van der Waals surface area contributed by atoms with Crippen molar-refractivity contribution in [3.8, 4) is 0 Å². The second-order valence-electron chi connectivity index (χ2n) is 7.46. The molecule has 0 fully saturated rings. The lowest BCUT2D eigenvalue weighted by atomic mass is 10.1. The van der Waals surface area contributed by atoms with Gasteiger partial charge in [0.2, 0.25) is 0 Å². The summed E-state index contributed by atoms with van der Waals surface area (Å²) >= 11 is 0. The first-order valence-electron chi connectivity index (χ1n) is 10.1. The molecule has 3 aromatic rings. The van der Waals surface area contributed by atoms with Gasteiger partial charge in [-0.2, -0.15) is 5.10 Å². The van der Waals surface area contributed by atoms with Crippen molar-refractivity contribution in [1.82, 2.24) is 20.0 Å². The fourth-order valence-electron chi connectivity index (χ4n) is 3.29. The number of hydrazine groups is 1. The number of rotatable bonds is 8. The first-order chi connectivity index (χ1) is 14.7. The molecule has 0 saturated heterocycles. The van der Waals surface area contributed by atoms with Crippen LogP contribution in [0.15, 0.2) is 52.2 Å². The van der Waals surface area contributed by atoms with E-state index in [9.17, 15) is 18.0 Å². The zero-order valence-corrected chi connectivity index (χ0v) is 18.6. The van der Waals surface area contributed by atoms with Gasteiger partial charge in [0.25, 0.3) is 21.5 Å². The topological polar surface area (TPSA) is 110 Å². The Hall–Kier alpha value is -3.04. The summed E-state index contributed by atoms with van der Waals surface area (Å²) in [6.45, 7) is 5.90. The van der Waals surface area contributed by atoms with Crippen LogP contribution in [0.2, 0.25) is 0 Å². The third-order valence-corrected chi connectivity index (χ3v) is 6.38. The highest BCUT2D eigenvalue weighted by atomic mass is 32.2. The largest absolute Gasteiger partial charge is 0.287 e. The van der Waals surface area contributed by atoms with Crippen LogP contribution in [0, 0.1) is 13.8 Å². The summed E-state index contributed by atoms with van der Waals surface area (Å²) in [6, 6.07) is 11.7. The number of nitrogens with one attached hydrogen (secondary N) is 2. The van der Waals surface area contributed by atoms with Crippen LogP contribution in [0.3, 0.4) is 0 Å². The highest BCUT2D eigenvalue weighted by Gasteiger charge is 2.21. The van der Waals surface area contributed by atoms with Gasteiger partial charge in [0.1, 0.15) is 0 Å². The van der Waals surface area contributed by atoms with Crippen molar-refractivity contribution in [2.45, 2.75) is 51.5 Å². The molecule has 31 heavy (non-hydrogen) atoms. The fourth-order valence-corrected chi connectivity index (χ4v) is 4.46. The lowest BCUT2D eigenvalue weighted by molar-refractivity contribution is 0.0939. The normalized spacial score (nSPS) is 11.6. The van der Waals surface area contributed by atoms with Crippen molar-refractivity contribution in [3.63, 3.8) is 0 Å². The number of nitrogens with zero attached hydrogens (tertiary/aromatic N) is 2. The highest BCUT2D eigenvalue weighted by Crippen LogP contribution is 2.17. The number of benzene rings is 2. The van der Waals surface area contributed by atoms with Crippen LogP contribution in [0.5, 0.6) is 0 Å². The van der Waals surface area contributed by atoms with Gasteiger partial charge in [0, 0.05) is 11.9 Å². The minimum absolute atomic E-state index is 0.0182. The fraction of sp³-hybridized carbons (Fsp3) is 0.318. The van der Waals surface area contributed by atoms with Crippen molar-refractivity contribution in [2.75, 3.05) is 0 Å². The zero-order valence-electron chi connectivity index (χ0n) is 17.8. The lowest BCUT2D eigenvalue weighted by Gasteiger charge is -2.13. The Morgan fingerprint density at radius 1 is 1.06 bits per heavy atom. The molecule has 0 atom stereocenters. The summed E-state index contributed by atoms with van der Waals surface area (Å²) < 4.78 is 26.7. The number of carbonyl (C=O) groups excluding carboxylic acids is 1. The molecule has 1 heterocycles. The predicted molar refractivity (Wildman–Crippen MR) is 119 cm³/mol. The molecule has 0 bridgehead atoms. The molecule has 1 amide bonds. The van der Waals surface area contributed by atoms with Gasteiger partial charge in [-0.3, -0.25) is 15.0 Å². The van der Waals surface area contributed by atoms with Gasteiger partial charge in [0.15, 0.2) is 5.69 Å². The van der Waals surface area contributed by atoms with Crippen LogP contribution in [0.4, 0.5) is 0 Å². The molecule has 2 N–H and O–H groups in total. The standard InChI is InChI=1S/C22H26N4O4S/c1-4-5-8-13-26-22(28)18-10-7-6-9-17(18)20(24-26)21(27)23-25-31(29,30)19-14-15(2)11-12-16(19)3/h6-7,9-12,14,25H,4-5,8,13H2,1-3H3,(H,23,27). The van der Waals surface area contributed by atoms with E-state index in [4.69, 9.17) is 0 Å².